The van der Waals surface area contributed by atoms with E-state index in [-0.39, 0.29) is 23.0 Å². The van der Waals surface area contributed by atoms with Crippen LogP contribution in [0.15, 0.2) is 16.3 Å². The molecule has 2 rings (SSSR count). The lowest BCUT2D eigenvalue weighted by Gasteiger charge is -2.35. The van der Waals surface area contributed by atoms with Crippen LogP contribution < -0.4 is 0 Å². The van der Waals surface area contributed by atoms with Gasteiger partial charge in [-0.15, -0.1) is 11.3 Å². The molecule has 1 aliphatic heterocycles. The van der Waals surface area contributed by atoms with Gasteiger partial charge >= 0.3 is 0 Å². The molecule has 2 atom stereocenters. The average molecular weight is 332 g/mol. The molecule has 21 heavy (non-hydrogen) atoms. The zero-order chi connectivity index (χ0) is 15.8. The van der Waals surface area contributed by atoms with Gasteiger partial charge in [-0.05, 0) is 19.9 Å². The Kier molecular flexibility index (Phi) is 4.72. The van der Waals surface area contributed by atoms with Crippen molar-refractivity contribution >= 4 is 27.3 Å². The van der Waals surface area contributed by atoms with Crippen LogP contribution in [0.2, 0.25) is 0 Å². The van der Waals surface area contributed by atoms with Crippen molar-refractivity contribution in [2.24, 2.45) is 0 Å². The van der Waals surface area contributed by atoms with Gasteiger partial charge in [0.15, 0.2) is 0 Å². The van der Waals surface area contributed by atoms with Crippen molar-refractivity contribution in [3.8, 4) is 0 Å². The lowest BCUT2D eigenvalue weighted by atomic mass is 10.2. The minimum Gasteiger partial charge on any atom is -0.372 e. The summed E-state index contributed by atoms with van der Waals surface area (Å²) in [6.07, 6.45) is -0.0229. The Morgan fingerprint density at radius 1 is 1.33 bits per heavy atom. The van der Waals surface area contributed by atoms with Gasteiger partial charge in [0.1, 0.15) is 0 Å². The summed E-state index contributed by atoms with van der Waals surface area (Å²) in [5, 5.41) is 1.51. The predicted octanol–water partition coefficient (Wildman–Crippen LogP) is 1.25. The number of sulfonamides is 1. The molecule has 0 bridgehead atoms. The Balaban J connectivity index is 2.20. The second kappa shape index (κ2) is 6.04. The molecule has 6 nitrogen and oxygen atoms in total. The minimum atomic E-state index is -3.49. The van der Waals surface area contributed by atoms with Crippen LogP contribution in [-0.4, -0.2) is 62.9 Å². The second-order valence-electron chi connectivity index (χ2n) is 5.40. The number of hydrogen-bond donors (Lipinski definition) is 0. The highest BCUT2D eigenvalue weighted by molar-refractivity contribution is 7.89. The third-order valence-electron chi connectivity index (χ3n) is 3.27. The molecule has 0 aromatic carbocycles. The van der Waals surface area contributed by atoms with Crippen molar-refractivity contribution in [3.05, 3.63) is 16.3 Å². The summed E-state index contributed by atoms with van der Waals surface area (Å²) in [5.74, 6) is -0.137. The summed E-state index contributed by atoms with van der Waals surface area (Å²) in [6.45, 7) is 4.90. The lowest BCUT2D eigenvalue weighted by molar-refractivity contribution is -0.0585. The molecular formula is C13H20N2O4S2. The smallest absolute Gasteiger partial charge is 0.264 e. The molecular weight excluding hydrogens is 312 g/mol. The number of thiophene rings is 1. The molecule has 2 heterocycles. The largest absolute Gasteiger partial charge is 0.372 e. The van der Waals surface area contributed by atoms with E-state index in [4.69, 9.17) is 4.74 Å². The molecule has 1 saturated heterocycles. The third-order valence-corrected chi connectivity index (χ3v) is 6.13. The fourth-order valence-electron chi connectivity index (χ4n) is 2.28. The first kappa shape index (κ1) is 16.4. The van der Waals surface area contributed by atoms with Crippen molar-refractivity contribution < 1.29 is 17.9 Å². The van der Waals surface area contributed by atoms with E-state index in [0.29, 0.717) is 18.0 Å². The number of carbonyl (C=O) groups is 1. The first-order chi connectivity index (χ1) is 9.71. The third kappa shape index (κ3) is 3.45. The summed E-state index contributed by atoms with van der Waals surface area (Å²) in [7, 11) is -0.549. The van der Waals surface area contributed by atoms with Crippen LogP contribution in [0.1, 0.15) is 23.5 Å². The Labute approximate surface area is 129 Å². The van der Waals surface area contributed by atoms with Crippen LogP contribution in [0.5, 0.6) is 0 Å². The van der Waals surface area contributed by atoms with Crippen molar-refractivity contribution in [1.29, 1.82) is 0 Å². The van der Waals surface area contributed by atoms with E-state index >= 15 is 0 Å². The average Bonchev–Trinajstić information content (AvgIpc) is 2.86. The van der Waals surface area contributed by atoms with Gasteiger partial charge in [-0.2, -0.15) is 0 Å². The van der Waals surface area contributed by atoms with Crippen molar-refractivity contribution in [1.82, 2.24) is 9.21 Å². The summed E-state index contributed by atoms with van der Waals surface area (Å²) in [6, 6.07) is 1.45. The van der Waals surface area contributed by atoms with Gasteiger partial charge in [0.2, 0.25) is 10.0 Å². The highest BCUT2D eigenvalue weighted by Crippen LogP contribution is 2.24. The predicted molar refractivity (Wildman–Crippen MR) is 81.1 cm³/mol. The fraction of sp³-hybridized carbons (Fsp3) is 0.615. The summed E-state index contributed by atoms with van der Waals surface area (Å²) >= 11 is 1.16. The number of rotatable bonds is 3. The highest BCUT2D eigenvalue weighted by Gasteiger charge is 2.28. The summed E-state index contributed by atoms with van der Waals surface area (Å²) in [4.78, 5) is 14.8. The molecule has 2 unspecified atom stereocenters. The van der Waals surface area contributed by atoms with Gasteiger partial charge in [0.05, 0.1) is 22.0 Å². The summed E-state index contributed by atoms with van der Waals surface area (Å²) in [5.41, 5.74) is 0. The molecule has 8 heteroatoms. The van der Waals surface area contributed by atoms with E-state index in [1.807, 2.05) is 13.8 Å². The molecule has 0 spiro atoms. The minimum absolute atomic E-state index is 0.0114. The maximum Gasteiger partial charge on any atom is 0.264 e. The standard InChI is InChI=1S/C13H20N2O4S2/c1-9-6-15(7-10(2)19-9)13(16)12-5-11(8-20-12)21(17,18)14(3)4/h5,8-10H,6-7H2,1-4H3. The van der Waals surface area contributed by atoms with Gasteiger partial charge < -0.3 is 9.64 Å². The normalized spacial score (nSPS) is 23.6. The van der Waals surface area contributed by atoms with Gasteiger partial charge in [-0.25, -0.2) is 12.7 Å². The van der Waals surface area contributed by atoms with E-state index in [1.54, 1.807) is 4.90 Å². The fourth-order valence-corrected chi connectivity index (χ4v) is 4.41. The SMILES string of the molecule is CC1CN(C(=O)c2cc(S(=O)(=O)N(C)C)cs2)CC(C)O1. The number of morpholine rings is 1. The molecule has 0 saturated carbocycles. The van der Waals surface area contributed by atoms with E-state index in [9.17, 15) is 13.2 Å². The number of hydrogen-bond acceptors (Lipinski definition) is 5. The van der Waals surface area contributed by atoms with Gasteiger partial charge in [-0.1, -0.05) is 0 Å². The molecule has 0 radical (unpaired) electrons. The Morgan fingerprint density at radius 3 is 2.43 bits per heavy atom. The zero-order valence-corrected chi connectivity index (χ0v) is 14.2. The van der Waals surface area contributed by atoms with Crippen LogP contribution in [0.3, 0.4) is 0 Å². The molecule has 1 aliphatic rings. The van der Waals surface area contributed by atoms with Crippen molar-refractivity contribution in [2.45, 2.75) is 31.0 Å². The molecule has 1 fully saturated rings. The molecule has 1 aromatic heterocycles. The summed E-state index contributed by atoms with van der Waals surface area (Å²) < 4.78 is 30.8. The monoisotopic (exact) mass is 332 g/mol. The second-order valence-corrected chi connectivity index (χ2v) is 8.46. The van der Waals surface area contributed by atoms with Gasteiger partial charge in [-0.3, -0.25) is 4.79 Å². The Morgan fingerprint density at radius 2 is 1.90 bits per heavy atom. The molecule has 118 valence electrons. The van der Waals surface area contributed by atoms with E-state index < -0.39 is 10.0 Å². The quantitative estimate of drug-likeness (QED) is 0.835. The van der Waals surface area contributed by atoms with E-state index in [2.05, 4.69) is 0 Å². The molecule has 1 aromatic rings. The maximum absolute atomic E-state index is 12.5. The Hall–Kier alpha value is -0.960. The maximum atomic E-state index is 12.5. The van der Waals surface area contributed by atoms with Crippen LogP contribution in [0.25, 0.3) is 0 Å². The molecule has 1 amide bonds. The number of carbonyl (C=O) groups excluding carboxylic acids is 1. The van der Waals surface area contributed by atoms with Crippen LogP contribution >= 0.6 is 11.3 Å². The molecule has 0 aliphatic carbocycles. The zero-order valence-electron chi connectivity index (χ0n) is 12.6. The highest BCUT2D eigenvalue weighted by atomic mass is 32.2. The number of amides is 1. The van der Waals surface area contributed by atoms with E-state index in [1.165, 1.54) is 25.5 Å². The first-order valence-electron chi connectivity index (χ1n) is 6.67. The lowest BCUT2D eigenvalue weighted by Crippen LogP contribution is -2.48. The molecule has 0 N–H and O–H groups in total. The van der Waals surface area contributed by atoms with Crippen LogP contribution in [-0.2, 0) is 14.8 Å². The topological polar surface area (TPSA) is 66.9 Å². The van der Waals surface area contributed by atoms with Crippen molar-refractivity contribution in [2.75, 3.05) is 27.2 Å². The van der Waals surface area contributed by atoms with Crippen LogP contribution in [0.4, 0.5) is 0 Å². The van der Waals surface area contributed by atoms with Crippen LogP contribution in [0, 0.1) is 0 Å². The first-order valence-corrected chi connectivity index (χ1v) is 8.99. The number of nitrogens with zero attached hydrogens (tertiary/aromatic N) is 2. The number of ether oxygens (including phenoxy) is 1. The van der Waals surface area contributed by atoms with E-state index in [0.717, 1.165) is 15.6 Å². The Bertz CT molecular complexity index is 614. The van der Waals surface area contributed by atoms with Gasteiger partial charge in [0.25, 0.3) is 5.91 Å². The van der Waals surface area contributed by atoms with Gasteiger partial charge in [0, 0.05) is 32.6 Å². The van der Waals surface area contributed by atoms with Crippen molar-refractivity contribution in [3.63, 3.8) is 0 Å².